The van der Waals surface area contributed by atoms with Gasteiger partial charge in [0.05, 0.1) is 13.5 Å². The van der Waals surface area contributed by atoms with Crippen LogP contribution in [0.4, 0.5) is 5.69 Å². The van der Waals surface area contributed by atoms with Crippen molar-refractivity contribution in [1.82, 2.24) is 10.2 Å². The number of hydrogen-bond donors (Lipinski definition) is 1. The van der Waals surface area contributed by atoms with E-state index in [9.17, 15) is 9.59 Å². The van der Waals surface area contributed by atoms with E-state index in [4.69, 9.17) is 4.74 Å². The Kier molecular flexibility index (Phi) is 2.93. The summed E-state index contributed by atoms with van der Waals surface area (Å²) in [4.78, 5) is 29.5. The first kappa shape index (κ1) is 12.7. The fourth-order valence-corrected chi connectivity index (χ4v) is 2.64. The number of aliphatic imine (C=N–C) groups is 1. The molecule has 0 bridgehead atoms. The number of methoxy groups -OCH3 is 1. The summed E-state index contributed by atoms with van der Waals surface area (Å²) in [5.41, 5.74) is 1.79. The van der Waals surface area contributed by atoms with Gasteiger partial charge in [-0.15, -0.1) is 0 Å². The second-order valence-electron chi connectivity index (χ2n) is 4.89. The number of benzene rings is 1. The Hall–Kier alpha value is -2.37. The van der Waals surface area contributed by atoms with Crippen molar-refractivity contribution >= 4 is 23.3 Å². The molecule has 0 spiro atoms. The SMILES string of the molecule is COc1cccc2c1N=C(C)N(C1CC(=O)NC1=O)C2. The number of fused-ring (bicyclic) bond motifs is 1. The summed E-state index contributed by atoms with van der Waals surface area (Å²) in [5, 5.41) is 2.33. The Balaban J connectivity index is 1.96. The van der Waals surface area contributed by atoms with Crippen LogP contribution in [0.3, 0.4) is 0 Å². The minimum absolute atomic E-state index is 0.186. The first-order valence-corrected chi connectivity index (χ1v) is 6.41. The van der Waals surface area contributed by atoms with Gasteiger partial charge in [0.2, 0.25) is 11.8 Å². The van der Waals surface area contributed by atoms with Crippen LogP contribution in [0.2, 0.25) is 0 Å². The number of carbonyl (C=O) groups is 2. The van der Waals surface area contributed by atoms with Crippen LogP contribution in [-0.4, -0.2) is 35.7 Å². The van der Waals surface area contributed by atoms with Crippen LogP contribution in [0.1, 0.15) is 18.9 Å². The summed E-state index contributed by atoms with van der Waals surface area (Å²) in [6, 6.07) is 5.24. The highest BCUT2D eigenvalue weighted by Crippen LogP contribution is 2.36. The zero-order valence-corrected chi connectivity index (χ0v) is 11.3. The Morgan fingerprint density at radius 3 is 2.85 bits per heavy atom. The van der Waals surface area contributed by atoms with Gasteiger partial charge < -0.3 is 9.64 Å². The van der Waals surface area contributed by atoms with E-state index in [0.717, 1.165) is 17.1 Å². The molecule has 1 saturated heterocycles. The molecule has 6 heteroatoms. The molecule has 0 aromatic heterocycles. The molecule has 1 fully saturated rings. The van der Waals surface area contributed by atoms with Gasteiger partial charge in [-0.1, -0.05) is 12.1 Å². The molecule has 2 amide bonds. The molecule has 1 unspecified atom stereocenters. The van der Waals surface area contributed by atoms with E-state index in [1.54, 1.807) is 7.11 Å². The van der Waals surface area contributed by atoms with Crippen molar-refractivity contribution in [3.8, 4) is 5.75 Å². The Labute approximate surface area is 116 Å². The van der Waals surface area contributed by atoms with Crippen molar-refractivity contribution in [2.75, 3.05) is 7.11 Å². The molecule has 2 aliphatic heterocycles. The maximum atomic E-state index is 11.8. The van der Waals surface area contributed by atoms with Crippen LogP contribution < -0.4 is 10.1 Å². The summed E-state index contributed by atoms with van der Waals surface area (Å²) in [7, 11) is 1.61. The number of nitrogens with one attached hydrogen (secondary N) is 1. The van der Waals surface area contributed by atoms with E-state index in [-0.39, 0.29) is 18.2 Å². The number of amides is 2. The van der Waals surface area contributed by atoms with E-state index in [1.807, 2.05) is 30.0 Å². The molecular weight excluding hydrogens is 258 g/mol. The van der Waals surface area contributed by atoms with Crippen LogP contribution in [0, 0.1) is 0 Å². The van der Waals surface area contributed by atoms with Gasteiger partial charge >= 0.3 is 0 Å². The molecule has 2 heterocycles. The van der Waals surface area contributed by atoms with Crippen molar-refractivity contribution in [3.63, 3.8) is 0 Å². The summed E-state index contributed by atoms with van der Waals surface area (Å²) in [6.07, 6.45) is 0.186. The second-order valence-corrected chi connectivity index (χ2v) is 4.89. The molecule has 1 aromatic carbocycles. The average Bonchev–Trinajstić information content (AvgIpc) is 2.76. The van der Waals surface area contributed by atoms with Crippen molar-refractivity contribution < 1.29 is 14.3 Å². The van der Waals surface area contributed by atoms with E-state index < -0.39 is 6.04 Å². The number of rotatable bonds is 2. The van der Waals surface area contributed by atoms with Gasteiger partial charge in [-0.2, -0.15) is 0 Å². The van der Waals surface area contributed by atoms with Crippen LogP contribution in [0.25, 0.3) is 0 Å². The van der Waals surface area contributed by atoms with Crippen molar-refractivity contribution in [2.24, 2.45) is 4.99 Å². The van der Waals surface area contributed by atoms with Gasteiger partial charge in [0.1, 0.15) is 23.3 Å². The van der Waals surface area contributed by atoms with E-state index in [0.29, 0.717) is 12.3 Å². The molecule has 6 nitrogen and oxygen atoms in total. The predicted molar refractivity (Wildman–Crippen MR) is 72.9 cm³/mol. The lowest BCUT2D eigenvalue weighted by Crippen LogP contribution is -2.44. The number of nitrogens with zero attached hydrogens (tertiary/aromatic N) is 2. The first-order chi connectivity index (χ1) is 9.60. The number of ether oxygens (including phenoxy) is 1. The van der Waals surface area contributed by atoms with Crippen LogP contribution >= 0.6 is 0 Å². The zero-order valence-electron chi connectivity index (χ0n) is 11.3. The zero-order chi connectivity index (χ0) is 14.3. The third-order valence-electron chi connectivity index (χ3n) is 3.65. The third kappa shape index (κ3) is 1.93. The van der Waals surface area contributed by atoms with E-state index in [2.05, 4.69) is 10.3 Å². The number of hydrogen-bond acceptors (Lipinski definition) is 5. The van der Waals surface area contributed by atoms with Gasteiger partial charge in [-0.25, -0.2) is 4.99 Å². The fourth-order valence-electron chi connectivity index (χ4n) is 2.64. The number of para-hydroxylation sites is 1. The molecule has 0 radical (unpaired) electrons. The lowest BCUT2D eigenvalue weighted by atomic mass is 10.1. The maximum absolute atomic E-state index is 11.8. The van der Waals surface area contributed by atoms with E-state index >= 15 is 0 Å². The van der Waals surface area contributed by atoms with Crippen molar-refractivity contribution in [3.05, 3.63) is 23.8 Å². The molecule has 0 saturated carbocycles. The minimum Gasteiger partial charge on any atom is -0.494 e. The lowest BCUT2D eigenvalue weighted by molar-refractivity contribution is -0.125. The van der Waals surface area contributed by atoms with Crippen LogP contribution in [0.15, 0.2) is 23.2 Å². The number of imide groups is 1. The molecule has 1 N–H and O–H groups in total. The van der Waals surface area contributed by atoms with Gasteiger partial charge in [-0.05, 0) is 13.0 Å². The minimum atomic E-state index is -0.467. The van der Waals surface area contributed by atoms with Crippen molar-refractivity contribution in [1.29, 1.82) is 0 Å². The highest BCUT2D eigenvalue weighted by atomic mass is 16.5. The molecule has 0 aliphatic carbocycles. The standard InChI is InChI=1S/C14H15N3O3/c1-8-15-13-9(4-3-5-11(13)20-2)7-17(8)10-6-12(18)16-14(10)19/h3-5,10H,6-7H2,1-2H3,(H,16,18,19). The smallest absolute Gasteiger partial charge is 0.249 e. The van der Waals surface area contributed by atoms with Crippen LogP contribution in [-0.2, 0) is 16.1 Å². The Morgan fingerprint density at radius 2 is 2.20 bits per heavy atom. The molecular formula is C14H15N3O3. The third-order valence-corrected chi connectivity index (χ3v) is 3.65. The molecule has 2 aliphatic rings. The number of carbonyl (C=O) groups excluding carboxylic acids is 2. The Morgan fingerprint density at radius 1 is 1.40 bits per heavy atom. The second kappa shape index (κ2) is 4.63. The van der Waals surface area contributed by atoms with Gasteiger partial charge in [-0.3, -0.25) is 14.9 Å². The van der Waals surface area contributed by atoms with Crippen LogP contribution in [0.5, 0.6) is 5.75 Å². The monoisotopic (exact) mass is 273 g/mol. The maximum Gasteiger partial charge on any atom is 0.249 e. The quantitative estimate of drug-likeness (QED) is 0.815. The number of amidine groups is 1. The normalized spacial score (nSPS) is 21.4. The molecule has 104 valence electrons. The summed E-state index contributed by atoms with van der Waals surface area (Å²) < 4.78 is 5.30. The topological polar surface area (TPSA) is 71.0 Å². The first-order valence-electron chi connectivity index (χ1n) is 6.41. The molecule has 1 atom stereocenters. The van der Waals surface area contributed by atoms with Gasteiger partial charge in [0.25, 0.3) is 0 Å². The predicted octanol–water partition coefficient (Wildman–Crippen LogP) is 0.976. The molecule has 3 rings (SSSR count). The molecule has 1 aromatic rings. The Bertz CT molecular complexity index is 624. The summed E-state index contributed by atoms with van der Waals surface area (Å²) in [5.74, 6) is 0.949. The lowest BCUT2D eigenvalue weighted by Gasteiger charge is -2.32. The highest BCUT2D eigenvalue weighted by molar-refractivity contribution is 6.07. The highest BCUT2D eigenvalue weighted by Gasteiger charge is 2.37. The molecule has 20 heavy (non-hydrogen) atoms. The van der Waals surface area contributed by atoms with Gasteiger partial charge in [0.15, 0.2) is 0 Å². The van der Waals surface area contributed by atoms with E-state index in [1.165, 1.54) is 0 Å². The van der Waals surface area contributed by atoms with Crippen molar-refractivity contribution in [2.45, 2.75) is 25.9 Å². The summed E-state index contributed by atoms with van der Waals surface area (Å²) in [6.45, 7) is 2.39. The largest absolute Gasteiger partial charge is 0.494 e. The van der Waals surface area contributed by atoms with Gasteiger partial charge in [0, 0.05) is 12.1 Å². The summed E-state index contributed by atoms with van der Waals surface area (Å²) >= 11 is 0. The average molecular weight is 273 g/mol. The fraction of sp³-hybridized carbons (Fsp3) is 0.357.